The van der Waals surface area contributed by atoms with Gasteiger partial charge in [0.2, 0.25) is 0 Å². The van der Waals surface area contributed by atoms with Gasteiger partial charge in [0, 0.05) is 56.6 Å². The van der Waals surface area contributed by atoms with Gasteiger partial charge in [-0.3, -0.25) is 19.5 Å². The summed E-state index contributed by atoms with van der Waals surface area (Å²) in [6.45, 7) is 10.7. The summed E-state index contributed by atoms with van der Waals surface area (Å²) >= 11 is 0. The second kappa shape index (κ2) is 7.40. The molecule has 2 atom stereocenters. The van der Waals surface area contributed by atoms with Gasteiger partial charge in [-0.05, 0) is 32.2 Å². The molecule has 31 heavy (non-hydrogen) atoms. The summed E-state index contributed by atoms with van der Waals surface area (Å²) < 4.78 is 3.73. The molecular weight excluding hydrogens is 392 g/mol. The summed E-state index contributed by atoms with van der Waals surface area (Å²) in [5.41, 5.74) is 8.30. The van der Waals surface area contributed by atoms with E-state index in [4.69, 9.17) is 10.8 Å². The van der Waals surface area contributed by atoms with Crippen molar-refractivity contribution in [2.45, 2.75) is 45.7 Å². The molecule has 2 unspecified atom stereocenters. The van der Waals surface area contributed by atoms with E-state index >= 15 is 0 Å². The monoisotopic (exact) mass is 424 g/mol. The van der Waals surface area contributed by atoms with Crippen LogP contribution in [0.4, 0.5) is 11.6 Å². The Hall–Kier alpha value is -2.81. The average Bonchev–Trinajstić information content (AvgIpc) is 3.46. The van der Waals surface area contributed by atoms with Crippen LogP contribution in [0.25, 0.3) is 22.2 Å². The Balaban J connectivity index is 1.59. The molecule has 2 aliphatic rings. The molecule has 0 aromatic carbocycles. The van der Waals surface area contributed by atoms with Crippen molar-refractivity contribution < 1.29 is 0 Å². The van der Waals surface area contributed by atoms with Gasteiger partial charge in [-0.1, -0.05) is 13.8 Å². The molecule has 2 saturated heterocycles. The maximum atomic E-state index is 13.1. The molecular formula is C22H32N8O. The number of nitrogens with two attached hydrogens (primary N) is 1. The zero-order valence-electron chi connectivity index (χ0n) is 18.8. The molecule has 3 aromatic rings. The molecule has 9 nitrogen and oxygen atoms in total. The topological polar surface area (TPSA) is 101 Å². The van der Waals surface area contributed by atoms with Crippen LogP contribution in [0.15, 0.2) is 17.1 Å². The van der Waals surface area contributed by atoms with Crippen molar-refractivity contribution in [2.24, 2.45) is 13.0 Å². The third-order valence-electron chi connectivity index (χ3n) is 7.23. The third-order valence-corrected chi connectivity index (χ3v) is 7.23. The highest BCUT2D eigenvalue weighted by Gasteiger charge is 2.32. The molecule has 0 amide bonds. The van der Waals surface area contributed by atoms with Crippen molar-refractivity contribution in [3.05, 3.63) is 22.6 Å². The van der Waals surface area contributed by atoms with Crippen LogP contribution in [0.3, 0.4) is 0 Å². The standard InChI is InChI=1S/C22H32N8O/c1-13(2)14(3)30-12-16(20-19(22(30)31)21(23)25-24-20)17-10-18(27(4)26-17)29-9-8-28-7-5-6-15(28)11-29/h10,12-15H,5-9,11H2,1-4H3,(H3,23,24,25). The zero-order chi connectivity index (χ0) is 21.9. The second-order valence-electron chi connectivity index (χ2n) is 9.39. The molecule has 5 rings (SSSR count). The Labute approximate surface area is 181 Å². The lowest BCUT2D eigenvalue weighted by atomic mass is 10.0. The Morgan fingerprint density at radius 3 is 2.81 bits per heavy atom. The molecule has 3 aromatic heterocycles. The van der Waals surface area contributed by atoms with E-state index in [0.29, 0.717) is 22.9 Å². The van der Waals surface area contributed by atoms with Crippen molar-refractivity contribution in [1.82, 2.24) is 29.4 Å². The number of fused-ring (bicyclic) bond motifs is 2. The molecule has 2 aliphatic heterocycles. The summed E-state index contributed by atoms with van der Waals surface area (Å²) in [7, 11) is 1.99. The van der Waals surface area contributed by atoms with Crippen LogP contribution in [-0.2, 0) is 7.05 Å². The first-order valence-electron chi connectivity index (χ1n) is 11.3. The van der Waals surface area contributed by atoms with Gasteiger partial charge in [-0.15, -0.1) is 0 Å². The fourth-order valence-electron chi connectivity index (χ4n) is 5.06. The molecule has 3 N–H and O–H groups in total. The van der Waals surface area contributed by atoms with E-state index in [1.54, 1.807) is 4.57 Å². The van der Waals surface area contributed by atoms with Gasteiger partial charge in [0.1, 0.15) is 11.2 Å². The normalized spacial score (nSPS) is 20.7. The van der Waals surface area contributed by atoms with Crippen molar-refractivity contribution >= 4 is 22.5 Å². The van der Waals surface area contributed by atoms with Crippen LogP contribution in [0.5, 0.6) is 0 Å². The van der Waals surface area contributed by atoms with Crippen molar-refractivity contribution in [1.29, 1.82) is 0 Å². The molecule has 0 saturated carbocycles. The van der Waals surface area contributed by atoms with E-state index in [1.807, 2.05) is 17.9 Å². The number of nitrogens with one attached hydrogen (secondary N) is 1. The van der Waals surface area contributed by atoms with Crippen molar-refractivity contribution in [2.75, 3.05) is 36.8 Å². The number of hydrogen-bond donors (Lipinski definition) is 2. The first kappa shape index (κ1) is 20.1. The van der Waals surface area contributed by atoms with E-state index in [-0.39, 0.29) is 17.4 Å². The number of pyridine rings is 1. The largest absolute Gasteiger partial charge is 0.382 e. The van der Waals surface area contributed by atoms with E-state index in [1.165, 1.54) is 19.4 Å². The van der Waals surface area contributed by atoms with Crippen molar-refractivity contribution in [3.8, 4) is 11.3 Å². The maximum absolute atomic E-state index is 13.1. The van der Waals surface area contributed by atoms with Crippen molar-refractivity contribution in [3.63, 3.8) is 0 Å². The quantitative estimate of drug-likeness (QED) is 0.666. The fraction of sp³-hybridized carbons (Fsp3) is 0.591. The van der Waals surface area contributed by atoms with E-state index in [0.717, 1.165) is 36.7 Å². The van der Waals surface area contributed by atoms with Gasteiger partial charge in [0.15, 0.2) is 5.82 Å². The minimum Gasteiger partial charge on any atom is -0.382 e. The summed E-state index contributed by atoms with van der Waals surface area (Å²) in [6, 6.07) is 2.80. The average molecular weight is 425 g/mol. The number of hydrogen-bond acceptors (Lipinski definition) is 6. The van der Waals surface area contributed by atoms with Crippen LogP contribution in [0.2, 0.25) is 0 Å². The number of H-pyrrole nitrogens is 1. The number of nitrogens with zero attached hydrogens (tertiary/aromatic N) is 6. The Kier molecular flexibility index (Phi) is 4.80. The Morgan fingerprint density at radius 1 is 1.23 bits per heavy atom. The zero-order valence-corrected chi connectivity index (χ0v) is 18.8. The van der Waals surface area contributed by atoms with Crippen LogP contribution in [0, 0.1) is 5.92 Å². The van der Waals surface area contributed by atoms with Gasteiger partial charge in [0.25, 0.3) is 5.56 Å². The van der Waals surface area contributed by atoms with Gasteiger partial charge < -0.3 is 15.2 Å². The lowest BCUT2D eigenvalue weighted by Gasteiger charge is -2.38. The molecule has 0 spiro atoms. The lowest BCUT2D eigenvalue weighted by molar-refractivity contribution is 0.229. The van der Waals surface area contributed by atoms with E-state index < -0.39 is 0 Å². The Morgan fingerprint density at radius 2 is 2.03 bits per heavy atom. The van der Waals surface area contributed by atoms with Crippen LogP contribution in [-0.4, -0.2) is 61.7 Å². The minimum atomic E-state index is -0.111. The van der Waals surface area contributed by atoms with E-state index in [9.17, 15) is 4.79 Å². The first-order chi connectivity index (χ1) is 14.8. The number of piperazine rings is 1. The SMILES string of the molecule is CC(C)C(C)n1cc(-c2cc(N3CCN4CCCC4C3)n(C)n2)c2[nH]nc(N)c2c1=O. The molecule has 166 valence electrons. The van der Waals surface area contributed by atoms with Crippen LogP contribution in [0.1, 0.15) is 39.7 Å². The van der Waals surface area contributed by atoms with E-state index in [2.05, 4.69) is 46.8 Å². The highest BCUT2D eigenvalue weighted by Crippen LogP contribution is 2.32. The summed E-state index contributed by atoms with van der Waals surface area (Å²) in [6.07, 6.45) is 4.48. The predicted octanol–water partition coefficient (Wildman–Crippen LogP) is 2.21. The predicted molar refractivity (Wildman–Crippen MR) is 123 cm³/mol. The number of anilines is 2. The molecule has 0 radical (unpaired) electrons. The van der Waals surface area contributed by atoms with Gasteiger partial charge in [0.05, 0.1) is 11.2 Å². The molecule has 9 heteroatoms. The molecule has 5 heterocycles. The highest BCUT2D eigenvalue weighted by molar-refractivity contribution is 5.97. The van der Waals surface area contributed by atoms with Crippen LogP contribution >= 0.6 is 0 Å². The molecule has 0 aliphatic carbocycles. The van der Waals surface area contributed by atoms with Gasteiger partial charge >= 0.3 is 0 Å². The summed E-state index contributed by atoms with van der Waals surface area (Å²) in [5.74, 6) is 1.65. The molecule has 0 bridgehead atoms. The summed E-state index contributed by atoms with van der Waals surface area (Å²) in [4.78, 5) is 18.2. The third kappa shape index (κ3) is 3.22. The highest BCUT2D eigenvalue weighted by atomic mass is 16.1. The number of aromatic amines is 1. The van der Waals surface area contributed by atoms with Gasteiger partial charge in [-0.25, -0.2) is 0 Å². The summed E-state index contributed by atoms with van der Waals surface area (Å²) in [5, 5.41) is 12.4. The molecule has 2 fully saturated rings. The fourth-order valence-corrected chi connectivity index (χ4v) is 5.06. The maximum Gasteiger partial charge on any atom is 0.264 e. The number of aryl methyl sites for hydroxylation is 1. The number of aromatic nitrogens is 5. The number of rotatable bonds is 4. The minimum absolute atomic E-state index is 0.0311. The second-order valence-corrected chi connectivity index (χ2v) is 9.39. The lowest BCUT2D eigenvalue weighted by Crippen LogP contribution is -2.50. The van der Waals surface area contributed by atoms with Gasteiger partial charge in [-0.2, -0.15) is 10.2 Å². The number of nitrogen functional groups attached to an aromatic ring is 1. The van der Waals surface area contributed by atoms with Crippen LogP contribution < -0.4 is 16.2 Å². The first-order valence-corrected chi connectivity index (χ1v) is 11.3. The smallest absolute Gasteiger partial charge is 0.264 e. The Bertz CT molecular complexity index is 1170.